The first-order valence-electron chi connectivity index (χ1n) is 5.90. The molecule has 0 fully saturated rings. The molecule has 0 saturated carbocycles. The third kappa shape index (κ3) is 6.40. The van der Waals surface area contributed by atoms with E-state index < -0.39 is 28.0 Å². The number of hydrogen-bond acceptors (Lipinski definition) is 5. The average Bonchev–Trinajstić information content (AvgIpc) is 2.25. The second kappa shape index (κ2) is 6.59. The molecule has 3 N–H and O–H groups in total. The molecule has 1 rings (SSSR count). The molecule has 0 aromatic heterocycles. The Hall–Kier alpha value is -1.06. The van der Waals surface area contributed by atoms with Gasteiger partial charge < -0.3 is 9.84 Å². The lowest BCUT2D eigenvalue weighted by atomic mass is 10.1. The summed E-state index contributed by atoms with van der Waals surface area (Å²) in [5.74, 6) is -2.02. The highest BCUT2D eigenvalue weighted by Gasteiger charge is 2.24. The van der Waals surface area contributed by atoms with Crippen LogP contribution in [0.1, 0.15) is 31.9 Å². The second-order valence-electron chi connectivity index (χ2n) is 4.68. The summed E-state index contributed by atoms with van der Waals surface area (Å²) in [7, 11) is -4.07. The van der Waals surface area contributed by atoms with E-state index in [0.717, 1.165) is 0 Å². The van der Waals surface area contributed by atoms with Gasteiger partial charge in [0, 0.05) is 12.0 Å². The fourth-order valence-electron chi connectivity index (χ4n) is 1.63. The predicted octanol–water partition coefficient (Wildman–Crippen LogP) is 1.22. The molecule has 0 aliphatic carbocycles. The van der Waals surface area contributed by atoms with Crippen molar-refractivity contribution in [3.63, 3.8) is 0 Å². The molecular formula is C12H18FNO5S. The Morgan fingerprint density at radius 2 is 2.00 bits per heavy atom. The van der Waals surface area contributed by atoms with E-state index in [9.17, 15) is 17.9 Å². The summed E-state index contributed by atoms with van der Waals surface area (Å²) in [6.07, 6.45) is -0.848. The van der Waals surface area contributed by atoms with Gasteiger partial charge in [-0.15, -0.1) is 0 Å². The van der Waals surface area contributed by atoms with Gasteiger partial charge in [-0.3, -0.25) is 4.18 Å². The lowest BCUT2D eigenvalue weighted by molar-refractivity contribution is -0.210. The van der Waals surface area contributed by atoms with Crippen molar-refractivity contribution in [2.45, 2.75) is 32.2 Å². The van der Waals surface area contributed by atoms with E-state index in [0.29, 0.717) is 0 Å². The van der Waals surface area contributed by atoms with Gasteiger partial charge in [0.05, 0.1) is 12.7 Å². The van der Waals surface area contributed by atoms with Gasteiger partial charge >= 0.3 is 10.3 Å². The normalized spacial score (nSPS) is 14.2. The molecular weight excluding hydrogens is 289 g/mol. The van der Waals surface area contributed by atoms with Crippen molar-refractivity contribution >= 4 is 10.3 Å². The molecule has 0 radical (unpaired) electrons. The smallest absolute Gasteiger partial charge is 0.333 e. The lowest BCUT2D eigenvalue weighted by Crippen LogP contribution is -2.27. The molecule has 0 aliphatic rings. The number of benzene rings is 1. The molecule has 0 aliphatic heterocycles. The minimum atomic E-state index is -4.07. The van der Waals surface area contributed by atoms with E-state index in [1.807, 2.05) is 0 Å². The summed E-state index contributed by atoms with van der Waals surface area (Å²) in [4.78, 5) is 0. The lowest BCUT2D eigenvalue weighted by Gasteiger charge is -2.26. The molecule has 1 aromatic rings. The minimum Gasteiger partial charge on any atom is -0.366 e. The van der Waals surface area contributed by atoms with Crippen molar-refractivity contribution in [3.05, 3.63) is 35.6 Å². The maximum Gasteiger partial charge on any atom is 0.333 e. The summed E-state index contributed by atoms with van der Waals surface area (Å²) >= 11 is 0. The quantitative estimate of drug-likeness (QED) is 0.738. The molecule has 8 heteroatoms. The monoisotopic (exact) mass is 307 g/mol. The summed E-state index contributed by atoms with van der Waals surface area (Å²) < 4.78 is 44.8. The van der Waals surface area contributed by atoms with Gasteiger partial charge in [0.2, 0.25) is 0 Å². The number of ether oxygens (including phenoxy) is 1. The largest absolute Gasteiger partial charge is 0.366 e. The topological polar surface area (TPSA) is 98.8 Å². The zero-order valence-electron chi connectivity index (χ0n) is 11.2. The van der Waals surface area contributed by atoms with E-state index in [2.05, 4.69) is 4.18 Å². The maximum absolute atomic E-state index is 13.7. The molecule has 114 valence electrons. The van der Waals surface area contributed by atoms with Crippen LogP contribution in [0.2, 0.25) is 0 Å². The summed E-state index contributed by atoms with van der Waals surface area (Å²) in [6.45, 7) is 2.50. The zero-order valence-corrected chi connectivity index (χ0v) is 12.1. The van der Waals surface area contributed by atoms with Gasteiger partial charge in [0.15, 0.2) is 5.79 Å². The average molecular weight is 307 g/mol. The third-order valence-corrected chi connectivity index (χ3v) is 2.81. The highest BCUT2D eigenvalue weighted by atomic mass is 32.2. The Morgan fingerprint density at radius 1 is 1.40 bits per heavy atom. The van der Waals surface area contributed by atoms with Gasteiger partial charge in [-0.1, -0.05) is 18.2 Å². The molecule has 20 heavy (non-hydrogen) atoms. The van der Waals surface area contributed by atoms with E-state index >= 15 is 0 Å². The first kappa shape index (κ1) is 17.0. The number of hydrogen-bond donors (Lipinski definition) is 2. The summed E-state index contributed by atoms with van der Waals surface area (Å²) in [6, 6.07) is 5.86. The highest BCUT2D eigenvalue weighted by Crippen LogP contribution is 2.28. The van der Waals surface area contributed by atoms with Crippen molar-refractivity contribution in [3.8, 4) is 0 Å². The van der Waals surface area contributed by atoms with Crippen molar-refractivity contribution in [2.75, 3.05) is 6.61 Å². The van der Waals surface area contributed by atoms with Crippen molar-refractivity contribution in [1.29, 1.82) is 0 Å². The van der Waals surface area contributed by atoms with Crippen LogP contribution in [0.3, 0.4) is 0 Å². The van der Waals surface area contributed by atoms with E-state index in [4.69, 9.17) is 9.88 Å². The van der Waals surface area contributed by atoms with Crippen LogP contribution >= 0.6 is 0 Å². The van der Waals surface area contributed by atoms with E-state index in [-0.39, 0.29) is 18.6 Å². The van der Waals surface area contributed by atoms with Gasteiger partial charge in [-0.25, -0.2) is 9.53 Å². The molecule has 1 aromatic carbocycles. The predicted molar refractivity (Wildman–Crippen MR) is 70.2 cm³/mol. The number of halogens is 1. The second-order valence-corrected chi connectivity index (χ2v) is 5.90. The third-order valence-electron chi connectivity index (χ3n) is 2.31. The molecule has 1 unspecified atom stereocenters. The van der Waals surface area contributed by atoms with E-state index in [1.165, 1.54) is 32.0 Å². The molecule has 6 nitrogen and oxygen atoms in total. The summed E-state index contributed by atoms with van der Waals surface area (Å²) in [5.41, 5.74) is 0.202. The Bertz CT molecular complexity index is 541. The van der Waals surface area contributed by atoms with Gasteiger partial charge in [-0.05, 0) is 19.9 Å². The Labute approximate surface area is 117 Å². The van der Waals surface area contributed by atoms with Crippen LogP contribution in [-0.2, 0) is 19.2 Å². The molecule has 0 spiro atoms. The van der Waals surface area contributed by atoms with Crippen LogP contribution in [0.25, 0.3) is 0 Å². The first-order valence-corrected chi connectivity index (χ1v) is 7.37. The van der Waals surface area contributed by atoms with Crippen LogP contribution in [0, 0.1) is 5.82 Å². The Balaban J connectivity index is 2.84. The molecule has 1 atom stereocenters. The number of nitrogens with two attached hydrogens (primary N) is 1. The fraction of sp³-hybridized carbons (Fsp3) is 0.500. The SMILES string of the molecule is CC(C)(O)OC(CCOS(N)(=O)=O)c1ccccc1F. The number of rotatable bonds is 7. The molecule has 0 heterocycles. The highest BCUT2D eigenvalue weighted by molar-refractivity contribution is 7.84. The Morgan fingerprint density at radius 3 is 2.50 bits per heavy atom. The van der Waals surface area contributed by atoms with Gasteiger partial charge in [0.1, 0.15) is 5.82 Å². The van der Waals surface area contributed by atoms with Crippen molar-refractivity contribution in [2.24, 2.45) is 5.14 Å². The first-order chi connectivity index (χ1) is 9.08. The zero-order chi connectivity index (χ0) is 15.4. The van der Waals surface area contributed by atoms with Gasteiger partial charge in [-0.2, -0.15) is 8.42 Å². The molecule has 0 bridgehead atoms. The Kier molecular flexibility index (Phi) is 5.60. The van der Waals surface area contributed by atoms with Crippen LogP contribution in [0.15, 0.2) is 24.3 Å². The van der Waals surface area contributed by atoms with Crippen molar-refractivity contribution in [1.82, 2.24) is 0 Å². The summed E-state index contributed by atoms with van der Waals surface area (Å²) in [5, 5.41) is 14.4. The van der Waals surface area contributed by atoms with Crippen LogP contribution in [0.4, 0.5) is 4.39 Å². The van der Waals surface area contributed by atoms with Crippen LogP contribution in [0.5, 0.6) is 0 Å². The van der Waals surface area contributed by atoms with Gasteiger partial charge in [0.25, 0.3) is 0 Å². The van der Waals surface area contributed by atoms with Crippen molar-refractivity contribution < 1.29 is 26.8 Å². The maximum atomic E-state index is 13.7. The van der Waals surface area contributed by atoms with E-state index in [1.54, 1.807) is 6.07 Å². The molecule has 0 saturated heterocycles. The van der Waals surface area contributed by atoms with Crippen LogP contribution < -0.4 is 5.14 Å². The molecule has 0 amide bonds. The number of aliphatic hydroxyl groups is 1. The fourth-order valence-corrected chi connectivity index (χ4v) is 1.96. The van der Waals surface area contributed by atoms with Crippen LogP contribution in [-0.4, -0.2) is 25.9 Å². The minimum absolute atomic E-state index is 0.0152. The standard InChI is InChI=1S/C12H18FNO5S/c1-12(2,15)19-11(7-8-18-20(14,16)17)9-5-3-4-6-10(9)13/h3-6,11,15H,7-8H2,1-2H3,(H2,14,16,17).